The van der Waals surface area contributed by atoms with Crippen LogP contribution < -0.4 is 19.3 Å². The van der Waals surface area contributed by atoms with Crippen LogP contribution in [0.25, 0.3) is 5.76 Å². The molecule has 1 aliphatic rings. The third kappa shape index (κ3) is 4.84. The molecule has 4 rings (SSSR count). The van der Waals surface area contributed by atoms with E-state index >= 15 is 0 Å². The summed E-state index contributed by atoms with van der Waals surface area (Å²) in [6, 6.07) is 19.3. The molecule has 1 saturated heterocycles. The molecule has 3 aromatic carbocycles. The molecule has 1 fully saturated rings. The quantitative estimate of drug-likeness (QED) is 0.259. The monoisotopic (exact) mass is 514 g/mol. The molecule has 0 aromatic heterocycles. The number of hydrogen-bond acceptors (Lipinski definition) is 6. The van der Waals surface area contributed by atoms with E-state index in [-0.39, 0.29) is 16.7 Å². The molecule has 1 unspecified atom stereocenters. The maximum atomic E-state index is 13.5. The van der Waals surface area contributed by atoms with E-state index in [1.807, 2.05) is 67.5 Å². The zero-order valence-corrected chi connectivity index (χ0v) is 22.9. The van der Waals surface area contributed by atoms with Crippen molar-refractivity contribution in [2.75, 3.05) is 38.1 Å². The van der Waals surface area contributed by atoms with E-state index in [4.69, 9.17) is 9.47 Å². The highest BCUT2D eigenvalue weighted by molar-refractivity contribution is 6.51. The molecule has 0 bridgehead atoms. The first kappa shape index (κ1) is 26.8. The second-order valence-electron chi connectivity index (χ2n) is 10.5. The summed E-state index contributed by atoms with van der Waals surface area (Å²) in [5.74, 6) is -0.914. The topological polar surface area (TPSA) is 79.3 Å². The zero-order chi connectivity index (χ0) is 27.8. The van der Waals surface area contributed by atoms with E-state index < -0.39 is 17.7 Å². The van der Waals surface area contributed by atoms with Gasteiger partial charge in [0.1, 0.15) is 17.3 Å². The number of carbonyl (C=O) groups is 2. The fourth-order valence-electron chi connectivity index (χ4n) is 4.63. The van der Waals surface area contributed by atoms with Crippen molar-refractivity contribution in [2.45, 2.75) is 32.2 Å². The minimum Gasteiger partial charge on any atom is -0.507 e. The van der Waals surface area contributed by atoms with E-state index in [9.17, 15) is 14.7 Å². The Labute approximate surface area is 223 Å². The van der Waals surface area contributed by atoms with Gasteiger partial charge in [-0.1, -0.05) is 45.0 Å². The van der Waals surface area contributed by atoms with Crippen LogP contribution in [0.15, 0.2) is 72.3 Å². The number of Topliss-reactive ketones (excluding diaryl/α,β-unsaturated/α-hetero) is 1. The summed E-state index contributed by atoms with van der Waals surface area (Å²) in [5.41, 5.74) is 3.57. The van der Waals surface area contributed by atoms with E-state index in [2.05, 4.69) is 20.8 Å². The van der Waals surface area contributed by atoms with E-state index in [0.29, 0.717) is 28.3 Å². The predicted octanol–water partition coefficient (Wildman–Crippen LogP) is 5.69. The number of benzene rings is 3. The predicted molar refractivity (Wildman–Crippen MR) is 150 cm³/mol. The standard InChI is InChI=1S/C31H34N2O5/c1-31(2,3)20-10-14-22(15-11-20)33-27(19-8-12-21(13-9-19)32(4)5)26(29(35)30(33)36)28(34)24-17-16-23(37-6)18-25(24)38-7/h8-18,27,34H,1-7H3/b28-26-. The van der Waals surface area contributed by atoms with Gasteiger partial charge in [-0.15, -0.1) is 0 Å². The SMILES string of the molecule is COc1ccc(/C(O)=C2/C(=O)C(=O)N(c3ccc(C(C)(C)C)cc3)C2c2ccc(N(C)C)cc2)c(OC)c1. The van der Waals surface area contributed by atoms with Crippen LogP contribution in [0.5, 0.6) is 11.5 Å². The van der Waals surface area contributed by atoms with Gasteiger partial charge >= 0.3 is 0 Å². The molecule has 0 saturated carbocycles. The fraction of sp³-hybridized carbons (Fsp3) is 0.290. The molecule has 1 atom stereocenters. The Morgan fingerprint density at radius 2 is 1.53 bits per heavy atom. The van der Waals surface area contributed by atoms with Gasteiger partial charge < -0.3 is 19.5 Å². The normalized spacial score (nSPS) is 17.0. The lowest BCUT2D eigenvalue weighted by atomic mass is 9.87. The number of aliphatic hydroxyl groups excluding tert-OH is 1. The summed E-state index contributed by atoms with van der Waals surface area (Å²) < 4.78 is 10.8. The summed E-state index contributed by atoms with van der Waals surface area (Å²) in [7, 11) is 6.88. The average Bonchev–Trinajstić information content (AvgIpc) is 3.17. The average molecular weight is 515 g/mol. The number of hydrogen-bond donors (Lipinski definition) is 1. The van der Waals surface area contributed by atoms with Crippen LogP contribution >= 0.6 is 0 Å². The number of nitrogens with zero attached hydrogens (tertiary/aromatic N) is 2. The molecule has 0 aliphatic carbocycles. The molecular formula is C31H34N2O5. The Morgan fingerprint density at radius 3 is 2.05 bits per heavy atom. The minimum absolute atomic E-state index is 0.00373. The molecule has 198 valence electrons. The number of amides is 1. The molecule has 7 nitrogen and oxygen atoms in total. The Kier molecular flexibility index (Phi) is 7.22. The summed E-state index contributed by atoms with van der Waals surface area (Å²) in [4.78, 5) is 30.5. The van der Waals surface area contributed by atoms with Crippen molar-refractivity contribution < 1.29 is 24.2 Å². The van der Waals surface area contributed by atoms with Crippen molar-refractivity contribution in [3.63, 3.8) is 0 Å². The van der Waals surface area contributed by atoms with Crippen LogP contribution in [0, 0.1) is 0 Å². The first-order chi connectivity index (χ1) is 18.0. The van der Waals surface area contributed by atoms with Crippen molar-refractivity contribution in [3.8, 4) is 11.5 Å². The largest absolute Gasteiger partial charge is 0.507 e. The van der Waals surface area contributed by atoms with E-state index in [1.54, 1.807) is 18.2 Å². The summed E-state index contributed by atoms with van der Waals surface area (Å²) in [6.45, 7) is 6.34. The van der Waals surface area contributed by atoms with Crippen LogP contribution in [-0.4, -0.2) is 45.1 Å². The van der Waals surface area contributed by atoms with Crippen molar-refractivity contribution in [1.82, 2.24) is 0 Å². The molecule has 0 radical (unpaired) electrons. The van der Waals surface area contributed by atoms with Gasteiger partial charge in [-0.05, 0) is 52.9 Å². The fourth-order valence-corrected chi connectivity index (χ4v) is 4.63. The number of methoxy groups -OCH3 is 2. The third-order valence-corrected chi connectivity index (χ3v) is 6.84. The first-order valence-corrected chi connectivity index (χ1v) is 12.4. The van der Waals surface area contributed by atoms with Gasteiger partial charge in [0.25, 0.3) is 11.7 Å². The van der Waals surface area contributed by atoms with Crippen LogP contribution in [0.1, 0.15) is 43.5 Å². The first-order valence-electron chi connectivity index (χ1n) is 12.4. The van der Waals surface area contributed by atoms with E-state index in [1.165, 1.54) is 19.1 Å². The number of ketones is 1. The number of rotatable bonds is 6. The number of anilines is 2. The highest BCUT2D eigenvalue weighted by Crippen LogP contribution is 2.44. The smallest absolute Gasteiger partial charge is 0.300 e. The third-order valence-electron chi connectivity index (χ3n) is 6.84. The Hall–Kier alpha value is -4.26. The van der Waals surface area contributed by atoms with Crippen LogP contribution in [0.3, 0.4) is 0 Å². The molecule has 1 heterocycles. The van der Waals surface area contributed by atoms with Crippen molar-refractivity contribution >= 4 is 28.8 Å². The summed E-state index contributed by atoms with van der Waals surface area (Å²) in [5, 5.41) is 11.5. The lowest BCUT2D eigenvalue weighted by Crippen LogP contribution is -2.29. The second-order valence-corrected chi connectivity index (χ2v) is 10.5. The molecular weight excluding hydrogens is 480 g/mol. The molecule has 7 heteroatoms. The molecule has 0 spiro atoms. The van der Waals surface area contributed by atoms with Crippen LogP contribution in [0.4, 0.5) is 11.4 Å². The Balaban J connectivity index is 1.93. The maximum absolute atomic E-state index is 13.5. The highest BCUT2D eigenvalue weighted by atomic mass is 16.5. The van der Waals surface area contributed by atoms with Gasteiger partial charge in [-0.2, -0.15) is 0 Å². The lowest BCUT2D eigenvalue weighted by molar-refractivity contribution is -0.132. The van der Waals surface area contributed by atoms with Gasteiger partial charge in [0.2, 0.25) is 0 Å². The van der Waals surface area contributed by atoms with E-state index in [0.717, 1.165) is 11.3 Å². The van der Waals surface area contributed by atoms with Gasteiger partial charge in [0.15, 0.2) is 0 Å². The minimum atomic E-state index is -0.835. The molecule has 1 N–H and O–H groups in total. The van der Waals surface area contributed by atoms with Gasteiger partial charge in [0.05, 0.1) is 31.4 Å². The number of aliphatic hydroxyl groups is 1. The highest BCUT2D eigenvalue weighted by Gasteiger charge is 2.47. The number of carbonyl (C=O) groups excluding carboxylic acids is 2. The Morgan fingerprint density at radius 1 is 0.895 bits per heavy atom. The van der Waals surface area contributed by atoms with Crippen LogP contribution in [0.2, 0.25) is 0 Å². The van der Waals surface area contributed by atoms with Gasteiger partial charge in [-0.3, -0.25) is 14.5 Å². The summed E-state index contributed by atoms with van der Waals surface area (Å²) >= 11 is 0. The lowest BCUT2D eigenvalue weighted by Gasteiger charge is -2.27. The molecule has 1 aliphatic heterocycles. The molecule has 3 aromatic rings. The summed E-state index contributed by atoms with van der Waals surface area (Å²) in [6.07, 6.45) is 0. The second kappa shape index (κ2) is 10.2. The van der Waals surface area contributed by atoms with Crippen molar-refractivity contribution in [2.24, 2.45) is 0 Å². The zero-order valence-electron chi connectivity index (χ0n) is 22.9. The molecule has 1 amide bonds. The van der Waals surface area contributed by atoms with Crippen molar-refractivity contribution in [1.29, 1.82) is 0 Å². The van der Waals surface area contributed by atoms with Gasteiger partial charge in [-0.25, -0.2) is 0 Å². The van der Waals surface area contributed by atoms with Crippen molar-refractivity contribution in [3.05, 3.63) is 89.0 Å². The molecule has 38 heavy (non-hydrogen) atoms. The maximum Gasteiger partial charge on any atom is 0.300 e. The Bertz CT molecular complexity index is 1380. The van der Waals surface area contributed by atoms with Gasteiger partial charge in [0, 0.05) is 31.5 Å². The number of ether oxygens (including phenoxy) is 2. The van der Waals surface area contributed by atoms with Crippen LogP contribution in [-0.2, 0) is 15.0 Å².